The molecular formula is C28H35N3O2. The van der Waals surface area contributed by atoms with Gasteiger partial charge in [-0.05, 0) is 85.9 Å². The number of nitrogens with zero attached hydrogens (tertiary/aromatic N) is 1. The van der Waals surface area contributed by atoms with Gasteiger partial charge >= 0.3 is 6.03 Å². The number of urea groups is 1. The standard InChI is InChI=1S/C28H35N3O2/c1-19-9-7-8-10-22(19)13-14-31(28(33)29-25-11-5-4-6-12-25)18-24-17-23-15-20(2)21(3)16-26(23)30-27(24)32/h7-10,15-17,25H,4-6,11-14,18H2,1-3H3,(H,29,33)(H,30,32). The third-order valence-corrected chi connectivity index (χ3v) is 7.03. The highest BCUT2D eigenvalue weighted by atomic mass is 16.2. The number of hydrogen-bond acceptors (Lipinski definition) is 2. The van der Waals surface area contributed by atoms with E-state index in [-0.39, 0.29) is 17.6 Å². The molecule has 174 valence electrons. The number of rotatable bonds is 6. The van der Waals surface area contributed by atoms with Gasteiger partial charge < -0.3 is 15.2 Å². The Morgan fingerprint density at radius 1 is 0.970 bits per heavy atom. The molecule has 2 amide bonds. The molecule has 2 N–H and O–H groups in total. The van der Waals surface area contributed by atoms with Crippen LogP contribution in [0.2, 0.25) is 0 Å². The SMILES string of the molecule is Cc1cc2cc(CN(CCc3ccccc3C)C(=O)NC3CCCCC3)c(=O)[nH]c2cc1C. The second-order valence-electron chi connectivity index (χ2n) is 9.53. The molecule has 0 aliphatic heterocycles. The maximum Gasteiger partial charge on any atom is 0.317 e. The van der Waals surface area contributed by atoms with Gasteiger partial charge in [-0.2, -0.15) is 0 Å². The van der Waals surface area contributed by atoms with Gasteiger partial charge in [0, 0.05) is 23.7 Å². The molecule has 33 heavy (non-hydrogen) atoms. The number of amides is 2. The fraction of sp³-hybridized carbons (Fsp3) is 0.429. The summed E-state index contributed by atoms with van der Waals surface area (Å²) in [6.45, 7) is 7.08. The first-order valence-electron chi connectivity index (χ1n) is 12.1. The number of aryl methyl sites for hydroxylation is 3. The van der Waals surface area contributed by atoms with E-state index in [1.165, 1.54) is 23.1 Å². The number of hydrogen-bond donors (Lipinski definition) is 2. The van der Waals surface area contributed by atoms with Crippen molar-refractivity contribution in [1.29, 1.82) is 0 Å². The Kier molecular flexibility index (Phi) is 7.17. The summed E-state index contributed by atoms with van der Waals surface area (Å²) in [5, 5.41) is 4.24. The molecule has 0 bridgehead atoms. The van der Waals surface area contributed by atoms with Crippen LogP contribution in [0.1, 0.15) is 59.9 Å². The molecule has 1 aromatic heterocycles. The third kappa shape index (κ3) is 5.65. The van der Waals surface area contributed by atoms with Crippen molar-refractivity contribution < 1.29 is 4.79 Å². The zero-order valence-corrected chi connectivity index (χ0v) is 20.0. The van der Waals surface area contributed by atoms with E-state index in [9.17, 15) is 9.59 Å². The number of carbonyl (C=O) groups is 1. The summed E-state index contributed by atoms with van der Waals surface area (Å²) >= 11 is 0. The van der Waals surface area contributed by atoms with Crippen LogP contribution in [0.15, 0.2) is 47.3 Å². The molecule has 3 aromatic rings. The predicted molar refractivity (Wildman–Crippen MR) is 135 cm³/mol. The summed E-state index contributed by atoms with van der Waals surface area (Å²) in [7, 11) is 0. The first-order chi connectivity index (χ1) is 15.9. The summed E-state index contributed by atoms with van der Waals surface area (Å²) in [5.74, 6) is 0. The van der Waals surface area contributed by atoms with Gasteiger partial charge in [0.25, 0.3) is 5.56 Å². The smallest absolute Gasteiger partial charge is 0.317 e. The molecule has 0 saturated heterocycles. The number of aromatic amines is 1. The van der Waals surface area contributed by atoms with E-state index >= 15 is 0 Å². The highest BCUT2D eigenvalue weighted by Crippen LogP contribution is 2.20. The van der Waals surface area contributed by atoms with Crippen LogP contribution in [0.25, 0.3) is 10.9 Å². The van der Waals surface area contributed by atoms with Crippen molar-refractivity contribution in [3.8, 4) is 0 Å². The molecular weight excluding hydrogens is 410 g/mol. The van der Waals surface area contributed by atoms with Gasteiger partial charge in [-0.25, -0.2) is 4.79 Å². The van der Waals surface area contributed by atoms with Crippen molar-refractivity contribution in [3.63, 3.8) is 0 Å². The molecule has 5 heteroatoms. The second kappa shape index (κ2) is 10.2. The van der Waals surface area contributed by atoms with Crippen LogP contribution in [0, 0.1) is 20.8 Å². The van der Waals surface area contributed by atoms with Crippen molar-refractivity contribution >= 4 is 16.9 Å². The van der Waals surface area contributed by atoms with E-state index in [2.05, 4.69) is 42.3 Å². The van der Waals surface area contributed by atoms with Crippen molar-refractivity contribution in [3.05, 3.63) is 80.6 Å². The Morgan fingerprint density at radius 3 is 2.45 bits per heavy atom. The first kappa shape index (κ1) is 23.1. The first-order valence-corrected chi connectivity index (χ1v) is 12.1. The molecule has 0 atom stereocenters. The van der Waals surface area contributed by atoms with Gasteiger partial charge in [-0.3, -0.25) is 4.79 Å². The van der Waals surface area contributed by atoms with Crippen LogP contribution in [-0.4, -0.2) is 28.5 Å². The van der Waals surface area contributed by atoms with Crippen LogP contribution in [0.3, 0.4) is 0 Å². The topological polar surface area (TPSA) is 65.2 Å². The average molecular weight is 446 g/mol. The number of aromatic nitrogens is 1. The van der Waals surface area contributed by atoms with Crippen LogP contribution in [0.5, 0.6) is 0 Å². The molecule has 5 nitrogen and oxygen atoms in total. The normalized spacial score (nSPS) is 14.4. The molecule has 4 rings (SSSR count). The van der Waals surface area contributed by atoms with Gasteiger partial charge in [0.15, 0.2) is 0 Å². The molecule has 1 aliphatic carbocycles. The lowest BCUT2D eigenvalue weighted by Crippen LogP contribution is -2.46. The fourth-order valence-electron chi connectivity index (χ4n) is 4.76. The summed E-state index contributed by atoms with van der Waals surface area (Å²) in [4.78, 5) is 31.0. The molecule has 0 unspecified atom stereocenters. The number of fused-ring (bicyclic) bond motifs is 1. The van der Waals surface area contributed by atoms with Gasteiger partial charge in [0.1, 0.15) is 0 Å². The molecule has 1 aliphatic rings. The maximum absolute atomic E-state index is 13.3. The average Bonchev–Trinajstić information content (AvgIpc) is 2.80. The molecule has 0 spiro atoms. The maximum atomic E-state index is 13.3. The summed E-state index contributed by atoms with van der Waals surface area (Å²) in [5.41, 5.74) is 6.12. The van der Waals surface area contributed by atoms with Gasteiger partial charge in [-0.15, -0.1) is 0 Å². The van der Waals surface area contributed by atoms with E-state index < -0.39 is 0 Å². The monoisotopic (exact) mass is 445 g/mol. The Balaban J connectivity index is 1.58. The Hall–Kier alpha value is -3.08. The van der Waals surface area contributed by atoms with Crippen molar-refractivity contribution in [2.45, 2.75) is 71.9 Å². The lowest BCUT2D eigenvalue weighted by atomic mass is 9.96. The highest BCUT2D eigenvalue weighted by molar-refractivity contribution is 5.81. The highest BCUT2D eigenvalue weighted by Gasteiger charge is 2.21. The van der Waals surface area contributed by atoms with E-state index in [0.717, 1.165) is 48.6 Å². The molecule has 1 heterocycles. The van der Waals surface area contributed by atoms with Crippen LogP contribution in [-0.2, 0) is 13.0 Å². The second-order valence-corrected chi connectivity index (χ2v) is 9.53. The molecule has 0 radical (unpaired) electrons. The minimum Gasteiger partial charge on any atom is -0.335 e. The summed E-state index contributed by atoms with van der Waals surface area (Å²) in [6.07, 6.45) is 6.40. The van der Waals surface area contributed by atoms with Crippen LogP contribution in [0.4, 0.5) is 4.79 Å². The van der Waals surface area contributed by atoms with Crippen molar-refractivity contribution in [2.75, 3.05) is 6.54 Å². The zero-order valence-electron chi connectivity index (χ0n) is 20.0. The van der Waals surface area contributed by atoms with Gasteiger partial charge in [0.2, 0.25) is 0 Å². The lowest BCUT2D eigenvalue weighted by molar-refractivity contribution is 0.187. The van der Waals surface area contributed by atoms with Crippen molar-refractivity contribution in [1.82, 2.24) is 15.2 Å². The van der Waals surface area contributed by atoms with E-state index in [1.807, 2.05) is 31.2 Å². The predicted octanol–water partition coefficient (Wildman–Crippen LogP) is 5.54. The van der Waals surface area contributed by atoms with E-state index in [0.29, 0.717) is 18.7 Å². The molecule has 1 fully saturated rings. The Bertz CT molecular complexity index is 1190. The third-order valence-electron chi connectivity index (χ3n) is 7.03. The van der Waals surface area contributed by atoms with Crippen LogP contribution >= 0.6 is 0 Å². The number of nitrogens with one attached hydrogen (secondary N) is 2. The van der Waals surface area contributed by atoms with E-state index in [1.54, 1.807) is 4.90 Å². The van der Waals surface area contributed by atoms with Gasteiger partial charge in [0.05, 0.1) is 6.54 Å². The molecule has 2 aromatic carbocycles. The van der Waals surface area contributed by atoms with Crippen molar-refractivity contribution in [2.24, 2.45) is 0 Å². The number of H-pyrrole nitrogens is 1. The number of benzene rings is 2. The fourth-order valence-corrected chi connectivity index (χ4v) is 4.76. The summed E-state index contributed by atoms with van der Waals surface area (Å²) in [6, 6.07) is 14.5. The summed E-state index contributed by atoms with van der Waals surface area (Å²) < 4.78 is 0. The largest absolute Gasteiger partial charge is 0.335 e. The minimum atomic E-state index is -0.128. The quantitative estimate of drug-likeness (QED) is 0.523. The Morgan fingerprint density at radius 2 is 1.70 bits per heavy atom. The van der Waals surface area contributed by atoms with E-state index in [4.69, 9.17) is 0 Å². The van der Waals surface area contributed by atoms with Crippen LogP contribution < -0.4 is 10.9 Å². The zero-order chi connectivity index (χ0) is 23.4. The lowest BCUT2D eigenvalue weighted by Gasteiger charge is -2.28. The number of pyridine rings is 1. The Labute approximate surface area is 196 Å². The minimum absolute atomic E-state index is 0.0740. The molecule has 1 saturated carbocycles. The number of carbonyl (C=O) groups excluding carboxylic acids is 1. The van der Waals surface area contributed by atoms with Gasteiger partial charge in [-0.1, -0.05) is 43.5 Å².